The van der Waals surface area contributed by atoms with E-state index in [4.69, 9.17) is 4.74 Å². The Bertz CT molecular complexity index is 1090. The molecule has 0 aliphatic carbocycles. The number of hydrogen-bond acceptors (Lipinski definition) is 5. The molecule has 0 bridgehead atoms. The van der Waals surface area contributed by atoms with E-state index in [2.05, 4.69) is 12.2 Å². The molecule has 0 spiro atoms. The lowest BCUT2D eigenvalue weighted by Crippen LogP contribution is -2.32. The maximum absolute atomic E-state index is 13.4. The molecule has 4 rings (SSSR count). The second-order valence-electron chi connectivity index (χ2n) is 6.52. The van der Waals surface area contributed by atoms with Crippen molar-refractivity contribution in [3.05, 3.63) is 82.2 Å². The summed E-state index contributed by atoms with van der Waals surface area (Å²) in [4.78, 5) is 28.6. The van der Waals surface area contributed by atoms with Crippen molar-refractivity contribution in [3.8, 4) is 5.75 Å². The lowest BCUT2D eigenvalue weighted by molar-refractivity contribution is -0.120. The minimum atomic E-state index is -0.400. The highest BCUT2D eigenvalue weighted by Crippen LogP contribution is 2.38. The van der Waals surface area contributed by atoms with Gasteiger partial charge in [-0.05, 0) is 47.7 Å². The number of nitrogens with one attached hydrogen (secondary N) is 1. The molecule has 1 aromatic heterocycles. The van der Waals surface area contributed by atoms with Crippen LogP contribution in [0.25, 0.3) is 5.57 Å². The summed E-state index contributed by atoms with van der Waals surface area (Å²) in [6, 6.07) is 18.6. The third kappa shape index (κ3) is 3.43. The minimum absolute atomic E-state index is 0.271. The Kier molecular flexibility index (Phi) is 5.18. The molecule has 0 radical (unpaired) electrons. The number of para-hydroxylation sites is 2. The molecule has 2 aromatic carbocycles. The largest absolute Gasteiger partial charge is 0.495 e. The molecule has 6 heteroatoms. The van der Waals surface area contributed by atoms with Crippen LogP contribution in [0, 0.1) is 0 Å². The summed E-state index contributed by atoms with van der Waals surface area (Å²) in [5.74, 6) is -0.301. The fourth-order valence-corrected chi connectivity index (χ4v) is 4.06. The van der Waals surface area contributed by atoms with E-state index in [0.29, 0.717) is 17.0 Å². The molecule has 1 aliphatic rings. The fourth-order valence-electron chi connectivity index (χ4n) is 3.30. The Balaban J connectivity index is 1.78. The molecule has 1 aliphatic heterocycles. The summed E-state index contributed by atoms with van der Waals surface area (Å²) in [7, 11) is 1.52. The number of nitrogens with zero attached hydrogens (tertiary/aromatic N) is 1. The Hall–Kier alpha value is -3.38. The van der Waals surface area contributed by atoms with Gasteiger partial charge < -0.3 is 10.1 Å². The van der Waals surface area contributed by atoms with Crippen molar-refractivity contribution < 1.29 is 14.3 Å². The van der Waals surface area contributed by atoms with E-state index in [0.717, 1.165) is 17.0 Å². The lowest BCUT2D eigenvalue weighted by Gasteiger charge is -2.18. The van der Waals surface area contributed by atoms with Crippen molar-refractivity contribution in [2.75, 3.05) is 17.3 Å². The Morgan fingerprint density at radius 2 is 1.72 bits per heavy atom. The quantitative estimate of drug-likeness (QED) is 0.604. The summed E-state index contributed by atoms with van der Waals surface area (Å²) in [5, 5.41) is 5.07. The fraction of sp³-hybridized carbons (Fsp3) is 0.130. The van der Waals surface area contributed by atoms with Gasteiger partial charge in [0.15, 0.2) is 0 Å². The van der Waals surface area contributed by atoms with Crippen LogP contribution in [0.2, 0.25) is 0 Å². The van der Waals surface area contributed by atoms with Gasteiger partial charge in [0.1, 0.15) is 11.4 Å². The molecular formula is C23H20N2O3S. The van der Waals surface area contributed by atoms with Crippen LogP contribution in [0.3, 0.4) is 0 Å². The highest BCUT2D eigenvalue weighted by Gasteiger charge is 2.41. The number of hydrogen-bond donors (Lipinski definition) is 1. The monoisotopic (exact) mass is 404 g/mol. The smallest absolute Gasteiger partial charge is 0.282 e. The van der Waals surface area contributed by atoms with Crippen LogP contribution in [0.5, 0.6) is 5.75 Å². The lowest BCUT2D eigenvalue weighted by atomic mass is 10.1. The van der Waals surface area contributed by atoms with Crippen molar-refractivity contribution in [2.45, 2.75) is 13.3 Å². The van der Waals surface area contributed by atoms with Crippen LogP contribution in [-0.2, 0) is 16.0 Å². The Morgan fingerprint density at radius 3 is 2.38 bits per heavy atom. The van der Waals surface area contributed by atoms with Crippen LogP contribution in [0.4, 0.5) is 11.4 Å². The molecule has 29 heavy (non-hydrogen) atoms. The van der Waals surface area contributed by atoms with Gasteiger partial charge in [-0.1, -0.05) is 37.3 Å². The van der Waals surface area contributed by atoms with E-state index in [1.54, 1.807) is 24.3 Å². The van der Waals surface area contributed by atoms with Gasteiger partial charge in [-0.2, -0.15) is 0 Å². The van der Waals surface area contributed by atoms with Crippen LogP contribution in [0.1, 0.15) is 17.4 Å². The summed E-state index contributed by atoms with van der Waals surface area (Å²) in [6.45, 7) is 2.09. The molecule has 3 aromatic rings. The molecule has 2 amide bonds. The van der Waals surface area contributed by atoms with Gasteiger partial charge in [0.2, 0.25) is 0 Å². The van der Waals surface area contributed by atoms with Crippen molar-refractivity contribution in [1.29, 1.82) is 0 Å². The second kappa shape index (κ2) is 7.93. The molecule has 0 fully saturated rings. The number of anilines is 2. The van der Waals surface area contributed by atoms with Gasteiger partial charge >= 0.3 is 0 Å². The zero-order valence-corrected chi connectivity index (χ0v) is 17.0. The first-order valence-corrected chi connectivity index (χ1v) is 10.2. The topological polar surface area (TPSA) is 58.6 Å². The van der Waals surface area contributed by atoms with E-state index in [-0.39, 0.29) is 11.6 Å². The first-order valence-electron chi connectivity index (χ1n) is 9.30. The minimum Gasteiger partial charge on any atom is -0.495 e. The zero-order valence-electron chi connectivity index (χ0n) is 16.1. The van der Waals surface area contributed by atoms with E-state index in [9.17, 15) is 9.59 Å². The van der Waals surface area contributed by atoms with Gasteiger partial charge in [-0.3, -0.25) is 9.59 Å². The molecule has 0 saturated heterocycles. The van der Waals surface area contributed by atoms with Gasteiger partial charge in [-0.25, -0.2) is 4.90 Å². The summed E-state index contributed by atoms with van der Waals surface area (Å²) < 4.78 is 5.38. The summed E-state index contributed by atoms with van der Waals surface area (Å²) in [5.41, 5.74) is 3.03. The number of ether oxygens (including phenoxy) is 1. The van der Waals surface area contributed by atoms with Gasteiger partial charge in [-0.15, -0.1) is 11.3 Å². The third-order valence-corrected chi connectivity index (χ3v) is 5.70. The predicted molar refractivity (Wildman–Crippen MR) is 116 cm³/mol. The molecule has 2 heterocycles. The summed E-state index contributed by atoms with van der Waals surface area (Å²) in [6.07, 6.45) is 0.933. The molecule has 0 atom stereocenters. The Labute approximate surface area is 173 Å². The van der Waals surface area contributed by atoms with Gasteiger partial charge in [0.25, 0.3) is 11.8 Å². The maximum atomic E-state index is 13.4. The average molecular weight is 404 g/mol. The molecule has 1 N–H and O–H groups in total. The van der Waals surface area contributed by atoms with Crippen LogP contribution in [0.15, 0.2) is 71.7 Å². The standard InChI is InChI=1S/C23H20N2O3S/c1-3-15-10-12-16(13-11-15)24-21-20(19-9-6-14-29-19)22(26)25(23(21)27)17-7-4-5-8-18(17)28-2/h4-14,24H,3H2,1-2H3. The number of carbonyl (C=O) groups excluding carboxylic acids is 2. The number of aryl methyl sites for hydroxylation is 1. The average Bonchev–Trinajstić information content (AvgIpc) is 3.35. The third-order valence-electron chi connectivity index (χ3n) is 4.81. The maximum Gasteiger partial charge on any atom is 0.282 e. The molecule has 146 valence electrons. The normalized spacial score (nSPS) is 13.9. The van der Waals surface area contributed by atoms with E-state index in [1.807, 2.05) is 41.8 Å². The highest BCUT2D eigenvalue weighted by molar-refractivity contribution is 7.11. The number of carbonyl (C=O) groups is 2. The number of benzene rings is 2. The van der Waals surface area contributed by atoms with Crippen LogP contribution < -0.4 is 15.0 Å². The molecular weight excluding hydrogens is 384 g/mol. The number of methoxy groups -OCH3 is 1. The van der Waals surface area contributed by atoms with Crippen molar-refractivity contribution in [1.82, 2.24) is 0 Å². The molecule has 0 saturated carbocycles. The van der Waals surface area contributed by atoms with E-state index < -0.39 is 5.91 Å². The zero-order chi connectivity index (χ0) is 20.4. The number of rotatable bonds is 6. The summed E-state index contributed by atoms with van der Waals surface area (Å²) >= 11 is 1.42. The second-order valence-corrected chi connectivity index (χ2v) is 7.47. The van der Waals surface area contributed by atoms with E-state index in [1.165, 1.54) is 28.9 Å². The van der Waals surface area contributed by atoms with Gasteiger partial charge in [0.05, 0.1) is 18.4 Å². The first kappa shape index (κ1) is 19.0. The number of thiophene rings is 1. The van der Waals surface area contributed by atoms with E-state index >= 15 is 0 Å². The molecule has 5 nitrogen and oxygen atoms in total. The first-order chi connectivity index (χ1) is 14.1. The van der Waals surface area contributed by atoms with Crippen LogP contribution in [-0.4, -0.2) is 18.9 Å². The highest BCUT2D eigenvalue weighted by atomic mass is 32.1. The van der Waals surface area contributed by atoms with Crippen molar-refractivity contribution in [2.24, 2.45) is 0 Å². The number of amides is 2. The predicted octanol–water partition coefficient (Wildman–Crippen LogP) is 4.72. The molecule has 0 unspecified atom stereocenters. The SMILES string of the molecule is CCc1ccc(NC2=C(c3cccs3)C(=O)N(c3ccccc3OC)C2=O)cc1. The van der Waals surface area contributed by atoms with Crippen molar-refractivity contribution >= 4 is 40.1 Å². The van der Waals surface area contributed by atoms with Crippen LogP contribution >= 0.6 is 11.3 Å². The Morgan fingerprint density at radius 1 is 0.966 bits per heavy atom. The number of imide groups is 1. The van der Waals surface area contributed by atoms with Gasteiger partial charge in [0, 0.05) is 10.6 Å². The van der Waals surface area contributed by atoms with Crippen molar-refractivity contribution in [3.63, 3.8) is 0 Å².